The molecule has 0 unspecified atom stereocenters. The van der Waals surface area contributed by atoms with Gasteiger partial charge in [0.1, 0.15) is 11.4 Å². The Bertz CT molecular complexity index is 1070. The van der Waals surface area contributed by atoms with Crippen LogP contribution in [0.1, 0.15) is 38.6 Å². The number of hydrogen-bond donors (Lipinski definition) is 2. The van der Waals surface area contributed by atoms with Crippen LogP contribution in [0.3, 0.4) is 0 Å². The maximum atomic E-state index is 12.4. The maximum Gasteiger partial charge on any atom is 0.339 e. The van der Waals surface area contributed by atoms with Gasteiger partial charge in [0.25, 0.3) is 5.91 Å². The molecule has 2 aromatic carbocycles. The van der Waals surface area contributed by atoms with E-state index in [-0.39, 0.29) is 11.5 Å². The molecule has 2 heterocycles. The average molecular weight is 422 g/mol. The lowest BCUT2D eigenvalue weighted by Gasteiger charge is -2.20. The zero-order chi connectivity index (χ0) is 21.1. The fourth-order valence-corrected chi connectivity index (χ4v) is 3.82. The van der Waals surface area contributed by atoms with Crippen molar-refractivity contribution in [1.82, 2.24) is 4.98 Å². The monoisotopic (exact) mass is 421 g/mol. The number of carbonyl (C=O) groups is 2. The first-order valence-electron chi connectivity index (χ1n) is 9.61. The fourth-order valence-electron chi connectivity index (χ4n) is 3.69. The van der Waals surface area contributed by atoms with Crippen LogP contribution in [0.2, 0.25) is 5.02 Å². The Labute approximate surface area is 179 Å². The van der Waals surface area contributed by atoms with E-state index in [9.17, 15) is 14.7 Å². The SMILES string of the molecule is O=C(Nc1cnc(N2CC[C@H](c3ccccc3)C2)c(C(=O)O)c1)c1ccc(Cl)cc1. The summed E-state index contributed by atoms with van der Waals surface area (Å²) in [4.78, 5) is 30.7. The summed E-state index contributed by atoms with van der Waals surface area (Å²) in [6.45, 7) is 1.43. The van der Waals surface area contributed by atoms with Crippen molar-refractivity contribution in [3.63, 3.8) is 0 Å². The molecule has 1 aromatic heterocycles. The highest BCUT2D eigenvalue weighted by Gasteiger charge is 2.28. The van der Waals surface area contributed by atoms with Gasteiger partial charge in [0, 0.05) is 29.6 Å². The van der Waals surface area contributed by atoms with Gasteiger partial charge in [-0.1, -0.05) is 41.9 Å². The van der Waals surface area contributed by atoms with Crippen molar-refractivity contribution in [1.29, 1.82) is 0 Å². The largest absolute Gasteiger partial charge is 0.478 e. The van der Waals surface area contributed by atoms with E-state index >= 15 is 0 Å². The van der Waals surface area contributed by atoms with Crippen LogP contribution in [0.25, 0.3) is 0 Å². The number of anilines is 2. The molecule has 1 amide bonds. The van der Waals surface area contributed by atoms with Gasteiger partial charge >= 0.3 is 5.97 Å². The minimum absolute atomic E-state index is 0.0672. The summed E-state index contributed by atoms with van der Waals surface area (Å²) >= 11 is 5.85. The number of hydrogen-bond acceptors (Lipinski definition) is 4. The van der Waals surface area contributed by atoms with E-state index in [1.165, 1.54) is 17.8 Å². The normalized spacial score (nSPS) is 15.8. The average Bonchev–Trinajstić information content (AvgIpc) is 3.25. The van der Waals surface area contributed by atoms with Gasteiger partial charge in [-0.2, -0.15) is 0 Å². The van der Waals surface area contributed by atoms with Crippen molar-refractivity contribution in [3.05, 3.63) is 88.6 Å². The molecule has 3 aromatic rings. The molecule has 0 saturated carbocycles. The molecule has 0 aliphatic carbocycles. The Kier molecular flexibility index (Phi) is 5.68. The fraction of sp³-hybridized carbons (Fsp3) is 0.174. The van der Waals surface area contributed by atoms with Crippen LogP contribution >= 0.6 is 11.6 Å². The third-order valence-corrected chi connectivity index (χ3v) is 5.47. The lowest BCUT2D eigenvalue weighted by atomic mass is 9.99. The van der Waals surface area contributed by atoms with Crippen molar-refractivity contribution >= 4 is 35.0 Å². The van der Waals surface area contributed by atoms with Crippen molar-refractivity contribution in [2.75, 3.05) is 23.3 Å². The molecule has 0 spiro atoms. The Balaban J connectivity index is 1.53. The van der Waals surface area contributed by atoms with Crippen LogP contribution < -0.4 is 10.2 Å². The molecule has 7 heteroatoms. The van der Waals surface area contributed by atoms with Gasteiger partial charge < -0.3 is 15.3 Å². The van der Waals surface area contributed by atoms with Crippen molar-refractivity contribution in [3.8, 4) is 0 Å². The number of carboxylic acid groups (broad SMARTS) is 1. The smallest absolute Gasteiger partial charge is 0.339 e. The van der Waals surface area contributed by atoms with Gasteiger partial charge in [0.05, 0.1) is 11.9 Å². The summed E-state index contributed by atoms with van der Waals surface area (Å²) in [5, 5.41) is 13.0. The van der Waals surface area contributed by atoms with Crippen molar-refractivity contribution < 1.29 is 14.7 Å². The Morgan fingerprint density at radius 3 is 2.53 bits per heavy atom. The van der Waals surface area contributed by atoms with Crippen LogP contribution in [0.15, 0.2) is 66.9 Å². The van der Waals surface area contributed by atoms with E-state index in [1.54, 1.807) is 24.3 Å². The molecular formula is C23H20ClN3O3. The molecule has 152 valence electrons. The molecule has 1 aliphatic heterocycles. The topological polar surface area (TPSA) is 82.5 Å². The summed E-state index contributed by atoms with van der Waals surface area (Å²) in [6, 6.07) is 18.1. The Morgan fingerprint density at radius 2 is 1.83 bits per heavy atom. The molecule has 0 radical (unpaired) electrons. The highest BCUT2D eigenvalue weighted by molar-refractivity contribution is 6.30. The number of carboxylic acids is 1. The van der Waals surface area contributed by atoms with Gasteiger partial charge in [-0.15, -0.1) is 0 Å². The molecule has 0 bridgehead atoms. The van der Waals surface area contributed by atoms with Crippen LogP contribution in [0.5, 0.6) is 0 Å². The molecule has 4 rings (SSSR count). The number of nitrogens with one attached hydrogen (secondary N) is 1. The number of rotatable bonds is 5. The molecule has 1 aliphatic rings. The third kappa shape index (κ3) is 4.28. The predicted molar refractivity (Wildman–Crippen MR) is 117 cm³/mol. The van der Waals surface area contributed by atoms with Gasteiger partial charge in [-0.25, -0.2) is 9.78 Å². The number of aromatic carboxylic acids is 1. The molecule has 1 saturated heterocycles. The number of nitrogens with zero attached hydrogens (tertiary/aromatic N) is 2. The van der Waals surface area contributed by atoms with Crippen LogP contribution in [-0.4, -0.2) is 35.1 Å². The van der Waals surface area contributed by atoms with Gasteiger partial charge in [0.2, 0.25) is 0 Å². The number of amides is 1. The second kappa shape index (κ2) is 8.55. The Morgan fingerprint density at radius 1 is 1.10 bits per heavy atom. The third-order valence-electron chi connectivity index (χ3n) is 5.22. The summed E-state index contributed by atoms with van der Waals surface area (Å²) < 4.78 is 0. The molecule has 1 atom stereocenters. The van der Waals surface area contributed by atoms with Crippen molar-refractivity contribution in [2.45, 2.75) is 12.3 Å². The minimum atomic E-state index is -1.08. The lowest BCUT2D eigenvalue weighted by Crippen LogP contribution is -2.23. The molecule has 2 N–H and O–H groups in total. The van der Waals surface area contributed by atoms with Gasteiger partial charge in [-0.3, -0.25) is 4.79 Å². The first-order valence-corrected chi connectivity index (χ1v) is 9.99. The number of halogens is 1. The molecule has 6 nitrogen and oxygen atoms in total. The molecular weight excluding hydrogens is 402 g/mol. The lowest BCUT2D eigenvalue weighted by molar-refractivity contribution is 0.0697. The first kappa shape index (κ1) is 19.9. The van der Waals surface area contributed by atoms with E-state index in [4.69, 9.17) is 11.6 Å². The van der Waals surface area contributed by atoms with Crippen LogP contribution in [-0.2, 0) is 0 Å². The zero-order valence-electron chi connectivity index (χ0n) is 16.1. The van der Waals surface area contributed by atoms with Crippen LogP contribution in [0, 0.1) is 0 Å². The first-order chi connectivity index (χ1) is 14.5. The summed E-state index contributed by atoms with van der Waals surface area (Å²) in [5.41, 5.74) is 2.06. The number of aromatic nitrogens is 1. The predicted octanol–water partition coefficient (Wildman–Crippen LogP) is 4.68. The maximum absolute atomic E-state index is 12.4. The van der Waals surface area contributed by atoms with E-state index in [1.807, 2.05) is 23.1 Å². The second-order valence-electron chi connectivity index (χ2n) is 7.20. The summed E-state index contributed by atoms with van der Waals surface area (Å²) in [6.07, 6.45) is 2.42. The standard InChI is InChI=1S/C23H20ClN3O3/c24-18-8-6-16(7-9-18)22(28)26-19-12-20(23(29)30)21(25-13-19)27-11-10-17(14-27)15-4-2-1-3-5-15/h1-9,12-13,17H,10-11,14H2,(H,26,28)(H,29,30)/t17-/m0/s1. The zero-order valence-corrected chi connectivity index (χ0v) is 16.8. The Hall–Kier alpha value is -3.38. The van der Waals surface area contributed by atoms with E-state index in [2.05, 4.69) is 22.4 Å². The molecule has 30 heavy (non-hydrogen) atoms. The van der Waals surface area contributed by atoms with E-state index < -0.39 is 5.97 Å². The van der Waals surface area contributed by atoms with Crippen molar-refractivity contribution in [2.24, 2.45) is 0 Å². The highest BCUT2D eigenvalue weighted by Crippen LogP contribution is 2.32. The quantitative estimate of drug-likeness (QED) is 0.625. The highest BCUT2D eigenvalue weighted by atomic mass is 35.5. The van der Waals surface area contributed by atoms with E-state index in [0.717, 1.165) is 13.0 Å². The summed E-state index contributed by atoms with van der Waals surface area (Å²) in [5.74, 6) is -0.685. The van der Waals surface area contributed by atoms with Crippen LogP contribution in [0.4, 0.5) is 11.5 Å². The number of benzene rings is 2. The summed E-state index contributed by atoms with van der Waals surface area (Å²) in [7, 11) is 0. The van der Waals surface area contributed by atoms with Gasteiger partial charge in [0.15, 0.2) is 0 Å². The molecule has 1 fully saturated rings. The number of pyridine rings is 1. The second-order valence-corrected chi connectivity index (χ2v) is 7.64. The van der Waals surface area contributed by atoms with E-state index in [0.29, 0.717) is 34.6 Å². The minimum Gasteiger partial charge on any atom is -0.478 e. The van der Waals surface area contributed by atoms with Gasteiger partial charge in [-0.05, 0) is 42.3 Å². The number of carbonyl (C=O) groups excluding carboxylic acids is 1.